The van der Waals surface area contributed by atoms with Crippen molar-refractivity contribution in [2.45, 2.75) is 13.3 Å². The second-order valence-corrected chi connectivity index (χ2v) is 6.51. The molecule has 7 heteroatoms. The van der Waals surface area contributed by atoms with E-state index >= 15 is 0 Å². The fraction of sp³-hybridized carbons (Fsp3) is 0.190. The molecule has 4 aromatic rings. The molecule has 0 saturated carbocycles. The Morgan fingerprint density at radius 1 is 1.14 bits per heavy atom. The number of nitrogens with zero attached hydrogens (tertiary/aromatic N) is 4. The van der Waals surface area contributed by atoms with Crippen LogP contribution in [0.5, 0.6) is 5.75 Å². The quantitative estimate of drug-likeness (QED) is 0.552. The van der Waals surface area contributed by atoms with Crippen molar-refractivity contribution >= 4 is 11.5 Å². The zero-order chi connectivity index (χ0) is 19.5. The molecule has 0 radical (unpaired) electrons. The fourth-order valence-electron chi connectivity index (χ4n) is 3.06. The molecule has 4 rings (SSSR count). The molecule has 0 unspecified atom stereocenters. The lowest BCUT2D eigenvalue weighted by atomic mass is 10.1. The predicted molar refractivity (Wildman–Crippen MR) is 106 cm³/mol. The first-order valence-corrected chi connectivity index (χ1v) is 8.97. The van der Waals surface area contributed by atoms with Gasteiger partial charge in [0.25, 0.3) is 0 Å². The van der Waals surface area contributed by atoms with Crippen LogP contribution in [0.4, 0.5) is 10.2 Å². The van der Waals surface area contributed by atoms with Gasteiger partial charge in [0.15, 0.2) is 5.65 Å². The Balaban J connectivity index is 1.62. The SMILES string of the molecule is COc1cccc(CCNc2cc(-c3cncc(F)c3)nc3c(C)cnn23)c1. The first-order valence-electron chi connectivity index (χ1n) is 8.97. The minimum Gasteiger partial charge on any atom is -0.497 e. The second-order valence-electron chi connectivity index (χ2n) is 6.51. The van der Waals surface area contributed by atoms with Gasteiger partial charge in [-0.25, -0.2) is 9.37 Å². The summed E-state index contributed by atoms with van der Waals surface area (Å²) in [6, 6.07) is 11.3. The summed E-state index contributed by atoms with van der Waals surface area (Å²) in [4.78, 5) is 8.56. The normalized spacial score (nSPS) is 11.0. The van der Waals surface area contributed by atoms with Gasteiger partial charge >= 0.3 is 0 Å². The van der Waals surface area contributed by atoms with Crippen LogP contribution in [-0.2, 0) is 6.42 Å². The number of pyridine rings is 1. The van der Waals surface area contributed by atoms with Gasteiger partial charge in [0.2, 0.25) is 0 Å². The molecule has 142 valence electrons. The molecule has 0 aliphatic rings. The van der Waals surface area contributed by atoms with Crippen LogP contribution in [0, 0.1) is 12.7 Å². The Morgan fingerprint density at radius 3 is 2.86 bits per heavy atom. The van der Waals surface area contributed by atoms with E-state index in [1.54, 1.807) is 24.0 Å². The van der Waals surface area contributed by atoms with E-state index < -0.39 is 5.82 Å². The third kappa shape index (κ3) is 3.64. The van der Waals surface area contributed by atoms with E-state index in [-0.39, 0.29) is 0 Å². The number of ether oxygens (including phenoxy) is 1. The Bertz CT molecular complexity index is 1120. The molecule has 0 fully saturated rings. The molecule has 0 atom stereocenters. The Kier molecular flexibility index (Phi) is 4.89. The van der Waals surface area contributed by atoms with Gasteiger partial charge < -0.3 is 10.1 Å². The third-order valence-corrected chi connectivity index (χ3v) is 4.50. The molecule has 3 heterocycles. The summed E-state index contributed by atoms with van der Waals surface area (Å²) in [7, 11) is 1.66. The maximum atomic E-state index is 13.6. The van der Waals surface area contributed by atoms with Gasteiger partial charge in [0, 0.05) is 29.9 Å². The molecule has 0 aliphatic carbocycles. The first-order chi connectivity index (χ1) is 13.6. The fourth-order valence-corrected chi connectivity index (χ4v) is 3.06. The topological polar surface area (TPSA) is 64.3 Å². The highest BCUT2D eigenvalue weighted by Crippen LogP contribution is 2.23. The molecular weight excluding hydrogens is 357 g/mol. The van der Waals surface area contributed by atoms with Gasteiger partial charge in [0.05, 0.1) is 25.2 Å². The highest BCUT2D eigenvalue weighted by atomic mass is 19.1. The molecule has 0 spiro atoms. The van der Waals surface area contributed by atoms with Crippen LogP contribution < -0.4 is 10.1 Å². The van der Waals surface area contributed by atoms with Crippen LogP contribution in [0.25, 0.3) is 16.9 Å². The largest absolute Gasteiger partial charge is 0.497 e. The number of rotatable bonds is 6. The minimum atomic E-state index is -0.392. The molecule has 1 aromatic carbocycles. The number of hydrogen-bond acceptors (Lipinski definition) is 5. The van der Waals surface area contributed by atoms with Gasteiger partial charge in [-0.3, -0.25) is 4.98 Å². The molecule has 0 amide bonds. The van der Waals surface area contributed by atoms with Gasteiger partial charge in [-0.05, 0) is 37.1 Å². The summed E-state index contributed by atoms with van der Waals surface area (Å²) in [5.74, 6) is 1.24. The number of methoxy groups -OCH3 is 1. The number of aromatic nitrogens is 4. The number of halogens is 1. The zero-order valence-electron chi connectivity index (χ0n) is 15.7. The van der Waals surface area contributed by atoms with E-state index in [1.807, 2.05) is 31.2 Å². The van der Waals surface area contributed by atoms with Crippen molar-refractivity contribution in [3.05, 3.63) is 71.9 Å². The van der Waals surface area contributed by atoms with E-state index in [4.69, 9.17) is 4.74 Å². The summed E-state index contributed by atoms with van der Waals surface area (Å²) in [6.45, 7) is 2.65. The van der Waals surface area contributed by atoms with E-state index in [0.29, 0.717) is 17.8 Å². The van der Waals surface area contributed by atoms with Crippen LogP contribution in [0.3, 0.4) is 0 Å². The summed E-state index contributed by atoms with van der Waals surface area (Å²) < 4.78 is 20.6. The summed E-state index contributed by atoms with van der Waals surface area (Å²) in [5, 5.41) is 7.82. The lowest BCUT2D eigenvalue weighted by Crippen LogP contribution is -2.10. The van der Waals surface area contributed by atoms with Crippen molar-refractivity contribution in [3.8, 4) is 17.0 Å². The van der Waals surface area contributed by atoms with Crippen LogP contribution in [0.1, 0.15) is 11.1 Å². The van der Waals surface area contributed by atoms with Crippen molar-refractivity contribution in [2.75, 3.05) is 19.0 Å². The second kappa shape index (κ2) is 7.64. The van der Waals surface area contributed by atoms with Gasteiger partial charge in [-0.1, -0.05) is 12.1 Å². The number of aryl methyl sites for hydroxylation is 1. The lowest BCUT2D eigenvalue weighted by Gasteiger charge is -2.11. The lowest BCUT2D eigenvalue weighted by molar-refractivity contribution is 0.414. The molecule has 0 aliphatic heterocycles. The van der Waals surface area contributed by atoms with Crippen molar-refractivity contribution in [2.24, 2.45) is 0 Å². The summed E-state index contributed by atoms with van der Waals surface area (Å²) in [5.41, 5.74) is 4.11. The molecule has 6 nitrogen and oxygen atoms in total. The van der Waals surface area contributed by atoms with Crippen LogP contribution in [-0.4, -0.2) is 33.2 Å². The predicted octanol–water partition coefficient (Wildman–Crippen LogP) is 3.90. The summed E-state index contributed by atoms with van der Waals surface area (Å²) >= 11 is 0. The molecule has 0 saturated heterocycles. The average molecular weight is 377 g/mol. The Morgan fingerprint density at radius 2 is 2.04 bits per heavy atom. The van der Waals surface area contributed by atoms with Crippen molar-refractivity contribution in [1.29, 1.82) is 0 Å². The van der Waals surface area contributed by atoms with Gasteiger partial charge in [-0.15, -0.1) is 0 Å². The number of benzene rings is 1. The smallest absolute Gasteiger partial charge is 0.160 e. The molecular formula is C21H20FN5O. The maximum absolute atomic E-state index is 13.6. The van der Waals surface area contributed by atoms with E-state index in [9.17, 15) is 4.39 Å². The van der Waals surface area contributed by atoms with Crippen molar-refractivity contribution in [1.82, 2.24) is 19.6 Å². The standard InChI is InChI=1S/C21H20FN5O/c1-14-11-25-27-20(24-7-6-15-4-3-5-18(8-15)28-2)10-19(26-21(14)27)16-9-17(22)13-23-12-16/h3-5,8-13,24H,6-7H2,1-2H3. The number of hydrogen-bond donors (Lipinski definition) is 1. The summed E-state index contributed by atoms with van der Waals surface area (Å²) in [6.07, 6.45) is 5.37. The first kappa shape index (κ1) is 17.9. The maximum Gasteiger partial charge on any atom is 0.160 e. The van der Waals surface area contributed by atoms with E-state index in [2.05, 4.69) is 26.4 Å². The Hall–Kier alpha value is -3.48. The highest BCUT2D eigenvalue weighted by Gasteiger charge is 2.11. The van der Waals surface area contributed by atoms with E-state index in [1.165, 1.54) is 17.8 Å². The molecule has 0 bridgehead atoms. The van der Waals surface area contributed by atoms with Crippen LogP contribution in [0.15, 0.2) is 55.0 Å². The zero-order valence-corrected chi connectivity index (χ0v) is 15.7. The average Bonchev–Trinajstić information content (AvgIpc) is 3.09. The van der Waals surface area contributed by atoms with E-state index in [0.717, 1.165) is 29.2 Å². The third-order valence-electron chi connectivity index (χ3n) is 4.50. The number of nitrogens with one attached hydrogen (secondary N) is 1. The van der Waals surface area contributed by atoms with Crippen molar-refractivity contribution in [3.63, 3.8) is 0 Å². The molecule has 1 N–H and O–H groups in total. The number of anilines is 1. The highest BCUT2D eigenvalue weighted by molar-refractivity contribution is 5.67. The molecule has 28 heavy (non-hydrogen) atoms. The van der Waals surface area contributed by atoms with Gasteiger partial charge in [-0.2, -0.15) is 9.61 Å². The van der Waals surface area contributed by atoms with Gasteiger partial charge in [0.1, 0.15) is 17.4 Å². The molecule has 3 aromatic heterocycles. The monoisotopic (exact) mass is 377 g/mol. The number of fused-ring (bicyclic) bond motifs is 1. The van der Waals surface area contributed by atoms with Crippen molar-refractivity contribution < 1.29 is 9.13 Å². The minimum absolute atomic E-state index is 0.392. The van der Waals surface area contributed by atoms with Crippen LogP contribution in [0.2, 0.25) is 0 Å². The van der Waals surface area contributed by atoms with Crippen LogP contribution >= 0.6 is 0 Å². The Labute approximate surface area is 162 Å².